The summed E-state index contributed by atoms with van der Waals surface area (Å²) in [6.45, 7) is 12.2. The van der Waals surface area contributed by atoms with Crippen molar-refractivity contribution in [3.8, 4) is 0 Å². The predicted molar refractivity (Wildman–Crippen MR) is 82.9 cm³/mol. The molecule has 0 spiro atoms. The maximum Gasteiger partial charge on any atom is 0.501 e. The highest BCUT2D eigenvalue weighted by atomic mass is 28.4. The molecule has 0 saturated heterocycles. The van der Waals surface area contributed by atoms with E-state index in [0.717, 1.165) is 25.3 Å². The quantitative estimate of drug-likeness (QED) is 0.406. The molecule has 0 aromatic carbocycles. The molecule has 4 nitrogen and oxygen atoms in total. The van der Waals surface area contributed by atoms with Crippen LogP contribution in [0.2, 0.25) is 6.04 Å². The van der Waals surface area contributed by atoms with Crippen LogP contribution in [0.4, 0.5) is 0 Å². The summed E-state index contributed by atoms with van der Waals surface area (Å²) < 4.78 is 17.5. The molecular formula is C14H31NO3Si. The van der Waals surface area contributed by atoms with Gasteiger partial charge in [-0.15, -0.1) is 0 Å². The van der Waals surface area contributed by atoms with Gasteiger partial charge in [0.25, 0.3) is 0 Å². The molecule has 19 heavy (non-hydrogen) atoms. The van der Waals surface area contributed by atoms with Gasteiger partial charge in [-0.25, -0.2) is 0 Å². The van der Waals surface area contributed by atoms with Crippen molar-refractivity contribution in [2.75, 3.05) is 19.8 Å². The maximum atomic E-state index is 5.83. The van der Waals surface area contributed by atoms with E-state index in [-0.39, 0.29) is 0 Å². The van der Waals surface area contributed by atoms with Gasteiger partial charge in [-0.1, -0.05) is 13.3 Å². The van der Waals surface area contributed by atoms with E-state index in [9.17, 15) is 0 Å². The normalized spacial score (nSPS) is 14.2. The highest BCUT2D eigenvalue weighted by Gasteiger charge is 2.40. The van der Waals surface area contributed by atoms with E-state index >= 15 is 0 Å². The Morgan fingerprint density at radius 2 is 1.53 bits per heavy atom. The molecule has 0 radical (unpaired) electrons. The average Bonchev–Trinajstić information content (AvgIpc) is 2.38. The van der Waals surface area contributed by atoms with Gasteiger partial charge in [0.15, 0.2) is 0 Å². The second-order valence-corrected chi connectivity index (χ2v) is 7.22. The smallest absolute Gasteiger partial charge is 0.374 e. The number of rotatable bonds is 12. The van der Waals surface area contributed by atoms with Crippen molar-refractivity contribution < 1.29 is 13.3 Å². The summed E-state index contributed by atoms with van der Waals surface area (Å²) in [6, 6.07) is 1.15. The molecule has 0 aliphatic carbocycles. The molecule has 0 aliphatic rings. The van der Waals surface area contributed by atoms with E-state index in [4.69, 9.17) is 13.3 Å². The highest BCUT2D eigenvalue weighted by Crippen LogP contribution is 2.20. The van der Waals surface area contributed by atoms with E-state index in [1.54, 1.807) is 0 Å². The molecule has 0 fully saturated rings. The topological polar surface area (TPSA) is 40.0 Å². The molecule has 1 atom stereocenters. The Labute approximate surface area is 119 Å². The lowest BCUT2D eigenvalue weighted by Gasteiger charge is -2.28. The van der Waals surface area contributed by atoms with Crippen molar-refractivity contribution in [2.24, 2.45) is 4.99 Å². The summed E-state index contributed by atoms with van der Waals surface area (Å²) in [5.74, 6) is 0. The highest BCUT2D eigenvalue weighted by molar-refractivity contribution is 6.60. The summed E-state index contributed by atoms with van der Waals surface area (Å²) in [5.41, 5.74) is 0. The van der Waals surface area contributed by atoms with Crippen molar-refractivity contribution in [1.82, 2.24) is 0 Å². The van der Waals surface area contributed by atoms with Crippen LogP contribution in [-0.2, 0) is 13.3 Å². The Morgan fingerprint density at radius 3 is 1.95 bits per heavy atom. The molecule has 0 aliphatic heterocycles. The summed E-state index contributed by atoms with van der Waals surface area (Å²) >= 11 is 0. The number of nitrogens with zero attached hydrogens (tertiary/aromatic N) is 1. The first kappa shape index (κ1) is 18.8. The minimum Gasteiger partial charge on any atom is -0.374 e. The van der Waals surface area contributed by atoms with Crippen molar-refractivity contribution >= 4 is 15.0 Å². The maximum absolute atomic E-state index is 5.83. The summed E-state index contributed by atoms with van der Waals surface area (Å²) in [7, 11) is -2.48. The first-order chi connectivity index (χ1) is 9.14. The van der Waals surface area contributed by atoms with Crippen LogP contribution in [0.5, 0.6) is 0 Å². The van der Waals surface area contributed by atoms with Gasteiger partial charge in [0.1, 0.15) is 0 Å². The third kappa shape index (κ3) is 8.52. The Kier molecular flexibility index (Phi) is 11.4. The molecule has 0 heterocycles. The SMILES string of the molecule is CCCC=NC(C)CC[Si](OCC)(OCC)OCC. The van der Waals surface area contributed by atoms with Gasteiger partial charge in [0.05, 0.1) is 0 Å². The van der Waals surface area contributed by atoms with E-state index in [2.05, 4.69) is 18.8 Å². The van der Waals surface area contributed by atoms with E-state index in [0.29, 0.717) is 25.9 Å². The van der Waals surface area contributed by atoms with Crippen LogP contribution >= 0.6 is 0 Å². The zero-order chi connectivity index (χ0) is 14.6. The fourth-order valence-corrected chi connectivity index (χ4v) is 4.62. The Morgan fingerprint density at radius 1 is 1.00 bits per heavy atom. The van der Waals surface area contributed by atoms with Crippen molar-refractivity contribution in [3.63, 3.8) is 0 Å². The summed E-state index contributed by atoms with van der Waals surface area (Å²) in [4.78, 5) is 4.53. The second kappa shape index (κ2) is 11.6. The monoisotopic (exact) mass is 289 g/mol. The van der Waals surface area contributed by atoms with Gasteiger partial charge in [0, 0.05) is 31.9 Å². The third-order valence-corrected chi connectivity index (χ3v) is 5.83. The molecule has 5 heteroatoms. The van der Waals surface area contributed by atoms with Gasteiger partial charge in [-0.05, 0) is 46.8 Å². The zero-order valence-electron chi connectivity index (χ0n) is 13.3. The van der Waals surface area contributed by atoms with Crippen molar-refractivity contribution in [1.29, 1.82) is 0 Å². The Balaban J connectivity index is 4.37. The van der Waals surface area contributed by atoms with E-state index < -0.39 is 8.80 Å². The lowest BCUT2D eigenvalue weighted by molar-refractivity contribution is 0.0704. The number of aliphatic imine (C=N–C) groups is 1. The Bertz CT molecular complexity index is 220. The van der Waals surface area contributed by atoms with Crippen LogP contribution in [0.25, 0.3) is 0 Å². The van der Waals surface area contributed by atoms with Gasteiger partial charge in [-0.2, -0.15) is 0 Å². The van der Waals surface area contributed by atoms with E-state index in [1.165, 1.54) is 0 Å². The summed E-state index contributed by atoms with van der Waals surface area (Å²) in [6.07, 6.45) is 5.17. The number of hydrogen-bond acceptors (Lipinski definition) is 4. The molecule has 0 aromatic rings. The fraction of sp³-hybridized carbons (Fsp3) is 0.929. The Hall–Kier alpha value is -0.233. The molecule has 0 aromatic heterocycles. The minimum absolute atomic E-state index is 0.305. The standard InChI is InChI=1S/C14H31NO3Si/c1-6-10-12-15-14(5)11-13-19(16-7-2,17-8-3)18-9-4/h12,14H,6-11,13H2,1-5H3. The zero-order valence-corrected chi connectivity index (χ0v) is 14.3. The van der Waals surface area contributed by atoms with Gasteiger partial charge >= 0.3 is 8.80 Å². The fourth-order valence-electron chi connectivity index (χ4n) is 1.85. The first-order valence-electron chi connectivity index (χ1n) is 7.57. The van der Waals surface area contributed by atoms with Crippen LogP contribution < -0.4 is 0 Å². The predicted octanol–water partition coefficient (Wildman–Crippen LogP) is 3.68. The average molecular weight is 289 g/mol. The molecule has 0 rings (SSSR count). The number of unbranched alkanes of at least 4 members (excludes halogenated alkanes) is 1. The second-order valence-electron chi connectivity index (χ2n) is 4.49. The molecule has 0 N–H and O–H groups in total. The van der Waals surface area contributed by atoms with Crippen LogP contribution in [-0.4, -0.2) is 40.9 Å². The van der Waals surface area contributed by atoms with Gasteiger partial charge in [-0.3, -0.25) is 4.99 Å². The number of hydrogen-bond donors (Lipinski definition) is 0. The largest absolute Gasteiger partial charge is 0.501 e. The van der Waals surface area contributed by atoms with E-state index in [1.807, 2.05) is 27.0 Å². The van der Waals surface area contributed by atoms with Crippen LogP contribution in [0.1, 0.15) is 53.9 Å². The molecule has 114 valence electrons. The lowest BCUT2D eigenvalue weighted by atomic mass is 10.3. The molecule has 1 unspecified atom stereocenters. The summed E-state index contributed by atoms with van der Waals surface area (Å²) in [5, 5.41) is 0. The molecule has 0 saturated carbocycles. The van der Waals surface area contributed by atoms with Crippen LogP contribution in [0.3, 0.4) is 0 Å². The lowest BCUT2D eigenvalue weighted by Crippen LogP contribution is -2.46. The van der Waals surface area contributed by atoms with Crippen molar-refractivity contribution in [2.45, 2.75) is 66.0 Å². The molecular weight excluding hydrogens is 258 g/mol. The first-order valence-corrected chi connectivity index (χ1v) is 9.50. The van der Waals surface area contributed by atoms with Crippen molar-refractivity contribution in [3.05, 3.63) is 0 Å². The molecule has 0 bridgehead atoms. The van der Waals surface area contributed by atoms with Crippen LogP contribution in [0.15, 0.2) is 4.99 Å². The van der Waals surface area contributed by atoms with Gasteiger partial charge < -0.3 is 13.3 Å². The van der Waals surface area contributed by atoms with Gasteiger partial charge in [0.2, 0.25) is 0 Å². The third-order valence-electron chi connectivity index (χ3n) is 2.74. The molecule has 0 amide bonds. The minimum atomic E-state index is -2.48. The van der Waals surface area contributed by atoms with Crippen LogP contribution in [0, 0.1) is 0 Å².